The van der Waals surface area contributed by atoms with Gasteiger partial charge in [-0.1, -0.05) is 72.8 Å². The lowest BCUT2D eigenvalue weighted by molar-refractivity contribution is 0.390. The van der Waals surface area contributed by atoms with Crippen molar-refractivity contribution in [3.05, 3.63) is 146 Å². The second-order valence-electron chi connectivity index (χ2n) is 12.0. The zero-order valence-corrected chi connectivity index (χ0v) is 25.9. The SMILES string of the molecule is Oc1cc2oc3ccccc3c2cc1Oc1nc2c(-c3cc(-c4ccccn4)c4oc5ccccc5c4c3)cccc2n1-c1ccccc1. The number of hydrogen-bond acceptors (Lipinski definition) is 6. The Labute approximate surface area is 278 Å². The van der Waals surface area contributed by atoms with Crippen molar-refractivity contribution in [2.45, 2.75) is 0 Å². The zero-order valence-electron chi connectivity index (χ0n) is 25.9. The van der Waals surface area contributed by atoms with Crippen LogP contribution in [0.25, 0.3) is 83.0 Å². The van der Waals surface area contributed by atoms with Crippen LogP contribution in [-0.2, 0) is 0 Å². The third-order valence-corrected chi connectivity index (χ3v) is 9.06. The van der Waals surface area contributed by atoms with Gasteiger partial charge in [-0.05, 0) is 66.2 Å². The highest BCUT2D eigenvalue weighted by Crippen LogP contribution is 2.43. The number of aromatic hydroxyl groups is 1. The average Bonchev–Trinajstić information content (AvgIpc) is 3.83. The first-order valence-corrected chi connectivity index (χ1v) is 16.0. The van der Waals surface area contributed by atoms with Crippen molar-refractivity contribution in [3.63, 3.8) is 0 Å². The van der Waals surface area contributed by atoms with Gasteiger partial charge >= 0.3 is 6.01 Å². The molecule has 0 fully saturated rings. The van der Waals surface area contributed by atoms with E-state index in [1.54, 1.807) is 12.3 Å². The van der Waals surface area contributed by atoms with Crippen LogP contribution in [-0.4, -0.2) is 19.6 Å². The highest BCUT2D eigenvalue weighted by atomic mass is 16.5. The minimum Gasteiger partial charge on any atom is -0.504 e. The van der Waals surface area contributed by atoms with E-state index in [9.17, 15) is 5.11 Å². The number of phenolic OH excluding ortho intramolecular Hbond substituents is 1. The predicted molar refractivity (Wildman–Crippen MR) is 192 cm³/mol. The molecular weight excluding hydrogens is 610 g/mol. The third-order valence-electron chi connectivity index (χ3n) is 9.06. The fourth-order valence-electron chi connectivity index (χ4n) is 6.82. The van der Waals surface area contributed by atoms with Gasteiger partial charge in [0.1, 0.15) is 27.8 Å². The molecule has 0 unspecified atom stereocenters. The van der Waals surface area contributed by atoms with E-state index in [1.807, 2.05) is 114 Å². The number of para-hydroxylation sites is 4. The van der Waals surface area contributed by atoms with E-state index < -0.39 is 0 Å². The minimum absolute atomic E-state index is 0.0456. The first-order chi connectivity index (χ1) is 24.2. The van der Waals surface area contributed by atoms with Crippen LogP contribution in [0.15, 0.2) is 155 Å². The summed E-state index contributed by atoms with van der Waals surface area (Å²) < 4.78 is 20.9. The van der Waals surface area contributed by atoms with Gasteiger partial charge in [0, 0.05) is 44.9 Å². The third kappa shape index (κ3) is 4.29. The molecule has 4 heterocycles. The van der Waals surface area contributed by atoms with Gasteiger partial charge in [-0.25, -0.2) is 0 Å². The standard InChI is InChI=1S/C42H25N3O4/c46-35-24-38-30(28-13-4-6-18-36(28)47-38)23-39(35)49-42-44-40-27(15-10-17-34(40)45(42)26-11-2-1-3-12-26)25-21-31-29-14-5-7-19-37(29)48-41(31)32(22-25)33-16-8-9-20-43-33/h1-24,46H. The van der Waals surface area contributed by atoms with Gasteiger partial charge in [-0.2, -0.15) is 4.98 Å². The number of imidazole rings is 1. The average molecular weight is 636 g/mol. The molecule has 6 aromatic carbocycles. The molecule has 232 valence electrons. The smallest absolute Gasteiger partial charge is 0.307 e. The summed E-state index contributed by atoms with van der Waals surface area (Å²) >= 11 is 0. The maximum atomic E-state index is 11.1. The molecule has 0 aliphatic carbocycles. The Balaban J connectivity index is 1.21. The second kappa shape index (κ2) is 10.6. The van der Waals surface area contributed by atoms with E-state index in [2.05, 4.69) is 29.2 Å². The van der Waals surface area contributed by atoms with Gasteiger partial charge in [-0.3, -0.25) is 9.55 Å². The lowest BCUT2D eigenvalue weighted by atomic mass is 9.97. The molecule has 10 aromatic rings. The summed E-state index contributed by atoms with van der Waals surface area (Å²) in [7, 11) is 0. The molecule has 10 rings (SSSR count). The number of furan rings is 2. The molecule has 7 nitrogen and oxygen atoms in total. The molecule has 0 amide bonds. The first kappa shape index (κ1) is 27.3. The molecule has 1 N–H and O–H groups in total. The van der Waals surface area contributed by atoms with Gasteiger partial charge in [0.2, 0.25) is 0 Å². The van der Waals surface area contributed by atoms with Crippen molar-refractivity contribution < 1.29 is 18.7 Å². The van der Waals surface area contributed by atoms with Crippen molar-refractivity contribution in [2.75, 3.05) is 0 Å². The molecule has 7 heteroatoms. The van der Waals surface area contributed by atoms with Crippen LogP contribution in [0.4, 0.5) is 0 Å². The maximum absolute atomic E-state index is 11.1. The summed E-state index contributed by atoms with van der Waals surface area (Å²) in [6.07, 6.45) is 1.79. The van der Waals surface area contributed by atoms with Crippen molar-refractivity contribution in [1.29, 1.82) is 0 Å². The van der Waals surface area contributed by atoms with Gasteiger partial charge in [0.15, 0.2) is 11.5 Å². The molecule has 0 bridgehead atoms. The maximum Gasteiger partial charge on any atom is 0.307 e. The van der Waals surface area contributed by atoms with Gasteiger partial charge < -0.3 is 18.7 Å². The second-order valence-corrected chi connectivity index (χ2v) is 12.0. The topological polar surface area (TPSA) is 86.5 Å². The molecular formula is C42H25N3O4. The Morgan fingerprint density at radius 2 is 1.35 bits per heavy atom. The zero-order chi connectivity index (χ0) is 32.5. The number of nitrogens with zero attached hydrogens (tertiary/aromatic N) is 3. The van der Waals surface area contributed by atoms with Crippen LogP contribution in [0.3, 0.4) is 0 Å². The molecule has 49 heavy (non-hydrogen) atoms. The predicted octanol–water partition coefficient (Wildman–Crippen LogP) is 11.1. The summed E-state index contributed by atoms with van der Waals surface area (Å²) in [5.41, 5.74) is 8.98. The van der Waals surface area contributed by atoms with E-state index in [0.29, 0.717) is 11.6 Å². The number of fused-ring (bicyclic) bond motifs is 7. The Morgan fingerprint density at radius 1 is 0.592 bits per heavy atom. The molecule has 0 atom stereocenters. The van der Waals surface area contributed by atoms with Crippen molar-refractivity contribution in [1.82, 2.24) is 14.5 Å². The Morgan fingerprint density at radius 3 is 2.16 bits per heavy atom. The van der Waals surface area contributed by atoms with Gasteiger partial charge in [0.05, 0.1) is 16.9 Å². The van der Waals surface area contributed by atoms with Crippen LogP contribution < -0.4 is 4.74 Å². The van der Waals surface area contributed by atoms with Crippen molar-refractivity contribution in [2.24, 2.45) is 0 Å². The Kier molecular flexibility index (Phi) is 5.89. The van der Waals surface area contributed by atoms with Crippen molar-refractivity contribution in [3.8, 4) is 45.6 Å². The van der Waals surface area contributed by atoms with E-state index in [0.717, 1.165) is 77.4 Å². The molecule has 0 saturated carbocycles. The summed E-state index contributed by atoms with van der Waals surface area (Å²) in [6.45, 7) is 0. The van der Waals surface area contributed by atoms with Crippen LogP contribution in [0.2, 0.25) is 0 Å². The summed E-state index contributed by atoms with van der Waals surface area (Å²) in [4.78, 5) is 9.82. The molecule has 0 aliphatic rings. The lowest BCUT2D eigenvalue weighted by Crippen LogP contribution is -1.98. The number of hydrogen-bond donors (Lipinski definition) is 1. The normalized spacial score (nSPS) is 11.8. The van der Waals surface area contributed by atoms with Gasteiger partial charge in [-0.15, -0.1) is 0 Å². The number of pyridine rings is 1. The van der Waals surface area contributed by atoms with Crippen LogP contribution in [0.5, 0.6) is 17.5 Å². The quantitative estimate of drug-likeness (QED) is 0.202. The van der Waals surface area contributed by atoms with E-state index in [4.69, 9.17) is 18.6 Å². The number of rotatable bonds is 5. The summed E-state index contributed by atoms with van der Waals surface area (Å²) in [5.74, 6) is 0.229. The highest BCUT2D eigenvalue weighted by Gasteiger charge is 2.22. The number of ether oxygens (including phenoxy) is 1. The minimum atomic E-state index is -0.0456. The number of phenols is 1. The van der Waals surface area contributed by atoms with Crippen molar-refractivity contribution >= 4 is 54.9 Å². The molecule has 0 spiro atoms. The molecule has 0 radical (unpaired) electrons. The molecule has 0 aliphatic heterocycles. The fraction of sp³-hybridized carbons (Fsp3) is 0. The largest absolute Gasteiger partial charge is 0.504 e. The summed E-state index contributed by atoms with van der Waals surface area (Å²) in [5, 5.41) is 14.9. The van der Waals surface area contributed by atoms with E-state index in [-0.39, 0.29) is 11.5 Å². The summed E-state index contributed by atoms with van der Waals surface area (Å²) in [6, 6.07) is 45.8. The van der Waals surface area contributed by atoms with Crippen LogP contribution in [0, 0.1) is 0 Å². The molecule has 0 saturated heterocycles. The monoisotopic (exact) mass is 635 g/mol. The van der Waals surface area contributed by atoms with E-state index in [1.165, 1.54) is 0 Å². The lowest BCUT2D eigenvalue weighted by Gasteiger charge is -2.11. The first-order valence-electron chi connectivity index (χ1n) is 16.0. The number of benzene rings is 6. The highest BCUT2D eigenvalue weighted by molar-refractivity contribution is 6.12. The van der Waals surface area contributed by atoms with Gasteiger partial charge in [0.25, 0.3) is 0 Å². The van der Waals surface area contributed by atoms with E-state index >= 15 is 0 Å². The Bertz CT molecular complexity index is 2870. The Hall–Kier alpha value is -6.86. The van der Waals surface area contributed by atoms with Crippen LogP contribution in [0.1, 0.15) is 0 Å². The number of aromatic nitrogens is 3. The van der Waals surface area contributed by atoms with Crippen LogP contribution >= 0.6 is 0 Å². The fourth-order valence-corrected chi connectivity index (χ4v) is 6.82. The molecule has 4 aromatic heterocycles.